The molecular formula is C60H46O6. The summed E-state index contributed by atoms with van der Waals surface area (Å²) in [7, 11) is 0. The number of furan rings is 2. The van der Waals surface area contributed by atoms with Gasteiger partial charge in [-0.3, -0.25) is 0 Å². The Hall–Kier alpha value is -7.90. The third-order valence-corrected chi connectivity index (χ3v) is 12.9. The predicted molar refractivity (Wildman–Crippen MR) is 266 cm³/mol. The minimum atomic E-state index is -0.842. The summed E-state index contributed by atoms with van der Waals surface area (Å²) in [4.78, 5) is 0. The van der Waals surface area contributed by atoms with Crippen molar-refractivity contribution >= 4 is 43.5 Å². The zero-order valence-electron chi connectivity index (χ0n) is 36.4. The summed E-state index contributed by atoms with van der Waals surface area (Å²) in [5.41, 5.74) is 8.86. The Morgan fingerprint density at radius 3 is 1.21 bits per heavy atom. The Morgan fingerprint density at radius 1 is 0.379 bits per heavy atom. The van der Waals surface area contributed by atoms with Crippen molar-refractivity contribution in [3.63, 3.8) is 0 Å². The van der Waals surface area contributed by atoms with Gasteiger partial charge in [-0.05, 0) is 117 Å². The average molecular weight is 863 g/mol. The Morgan fingerprint density at radius 2 is 0.773 bits per heavy atom. The summed E-state index contributed by atoms with van der Waals surface area (Å²) in [6.07, 6.45) is 0. The van der Waals surface area contributed by atoms with Crippen LogP contribution in [0.15, 0.2) is 209 Å². The maximum Gasteiger partial charge on any atom is 0.139 e. The summed E-state index contributed by atoms with van der Waals surface area (Å²) in [5, 5.41) is 26.8. The molecule has 0 aliphatic rings. The lowest BCUT2D eigenvalue weighted by molar-refractivity contribution is 0.202. The number of aliphatic hydroxyl groups excluding tert-OH is 2. The van der Waals surface area contributed by atoms with Crippen LogP contribution in [0.3, 0.4) is 0 Å². The van der Waals surface area contributed by atoms with E-state index in [-0.39, 0.29) is 26.4 Å². The molecule has 11 aromatic rings. The number of rotatable bonds is 13. The molecule has 6 heteroatoms. The van der Waals surface area contributed by atoms with Crippen LogP contribution in [0, 0.1) is 0 Å². The number of para-hydroxylation sites is 2. The van der Waals surface area contributed by atoms with Crippen LogP contribution in [0.25, 0.3) is 88.4 Å². The van der Waals surface area contributed by atoms with E-state index in [1.54, 1.807) is 0 Å². The highest BCUT2D eigenvalue weighted by Crippen LogP contribution is 2.51. The van der Waals surface area contributed by atoms with Crippen molar-refractivity contribution in [3.8, 4) is 56.4 Å². The van der Waals surface area contributed by atoms with Gasteiger partial charge in [0, 0.05) is 27.3 Å². The molecule has 0 saturated carbocycles. The zero-order valence-corrected chi connectivity index (χ0v) is 36.4. The van der Waals surface area contributed by atoms with Crippen molar-refractivity contribution in [2.24, 2.45) is 0 Å². The van der Waals surface area contributed by atoms with Crippen LogP contribution in [0.4, 0.5) is 0 Å². The van der Waals surface area contributed by atoms with Crippen LogP contribution < -0.4 is 9.47 Å². The monoisotopic (exact) mass is 862 g/mol. The summed E-state index contributed by atoms with van der Waals surface area (Å²) in [6.45, 7) is 2.14. The summed E-state index contributed by atoms with van der Waals surface area (Å²) >= 11 is 0. The molecule has 0 unspecified atom stereocenters. The molecule has 9 aromatic carbocycles. The van der Waals surface area contributed by atoms with Crippen molar-refractivity contribution in [2.75, 3.05) is 26.4 Å². The predicted octanol–water partition coefficient (Wildman–Crippen LogP) is 14.2. The molecule has 2 aromatic heterocycles. The molecule has 2 heterocycles. The lowest BCUT2D eigenvalue weighted by atomic mass is 9.69. The second-order valence-electron chi connectivity index (χ2n) is 16.9. The number of hydrogen-bond acceptors (Lipinski definition) is 6. The number of aliphatic hydroxyl groups is 2. The largest absolute Gasteiger partial charge is 0.490 e. The standard InChI is InChI=1S/C60H46O6/c1-60(47-19-3-2-4-20-47,48-35-50(43-25-23-39-13-5-7-15-41(39)31-43)58(63-29-27-61)52(37-48)56-33-45-17-9-11-21-54(45)65-56)49-36-51(44-26-24-40-14-6-8-16-42(40)32-44)59(64-30-28-62)53(38-49)57-34-46-18-10-12-22-55(46)66-57/h2-26,31-38,61-62H,27-30H2,1H3. The molecule has 11 rings (SSSR count). The molecule has 2 N–H and O–H groups in total. The van der Waals surface area contributed by atoms with E-state index in [9.17, 15) is 10.2 Å². The molecule has 0 bridgehead atoms. The molecule has 322 valence electrons. The first kappa shape index (κ1) is 40.8. The first-order valence-electron chi connectivity index (χ1n) is 22.3. The highest BCUT2D eigenvalue weighted by molar-refractivity contribution is 5.94. The van der Waals surface area contributed by atoms with Crippen LogP contribution in [0.2, 0.25) is 0 Å². The highest BCUT2D eigenvalue weighted by Gasteiger charge is 2.36. The first-order chi connectivity index (χ1) is 32.5. The molecule has 0 saturated heterocycles. The average Bonchev–Trinajstić information content (AvgIpc) is 4.02. The van der Waals surface area contributed by atoms with E-state index in [4.69, 9.17) is 18.3 Å². The van der Waals surface area contributed by atoms with Gasteiger partial charge in [0.1, 0.15) is 47.4 Å². The molecule has 0 amide bonds. The maximum absolute atomic E-state index is 10.2. The van der Waals surface area contributed by atoms with Gasteiger partial charge >= 0.3 is 0 Å². The quantitative estimate of drug-likeness (QED) is 0.112. The minimum Gasteiger partial charge on any atom is -0.490 e. The fraction of sp³-hybridized carbons (Fsp3) is 0.100. The molecule has 0 fully saturated rings. The highest BCUT2D eigenvalue weighted by atomic mass is 16.5. The maximum atomic E-state index is 10.2. The van der Waals surface area contributed by atoms with Crippen molar-refractivity contribution in [3.05, 3.63) is 217 Å². The molecule has 0 atom stereocenters. The summed E-state index contributed by atoms with van der Waals surface area (Å²) < 4.78 is 26.6. The molecule has 0 spiro atoms. The van der Waals surface area contributed by atoms with E-state index in [1.165, 1.54) is 0 Å². The number of benzene rings is 9. The summed E-state index contributed by atoms with van der Waals surface area (Å²) in [5.74, 6) is 2.53. The first-order valence-corrected chi connectivity index (χ1v) is 22.3. The molecule has 0 aliphatic heterocycles. The van der Waals surface area contributed by atoms with E-state index < -0.39 is 5.41 Å². The van der Waals surface area contributed by atoms with Gasteiger partial charge < -0.3 is 28.5 Å². The Bertz CT molecular complexity index is 3260. The smallest absolute Gasteiger partial charge is 0.139 e. The van der Waals surface area contributed by atoms with Gasteiger partial charge in [-0.1, -0.05) is 140 Å². The SMILES string of the molecule is CC(c1ccccc1)(c1cc(-c2ccc3ccccc3c2)c(OCCO)c(-c2cc3ccccc3o2)c1)c1cc(-c2ccc3ccccc3c2)c(OCCO)c(-c2cc3ccccc3o2)c1. The summed E-state index contributed by atoms with van der Waals surface area (Å²) in [6, 6.07) is 69.2. The second-order valence-corrected chi connectivity index (χ2v) is 16.9. The van der Waals surface area contributed by atoms with Crippen molar-refractivity contribution < 1.29 is 28.5 Å². The minimum absolute atomic E-state index is 0.0917. The third kappa shape index (κ3) is 7.36. The van der Waals surface area contributed by atoms with E-state index in [0.717, 1.165) is 93.6 Å². The zero-order chi connectivity index (χ0) is 44.6. The fourth-order valence-corrected chi connectivity index (χ4v) is 9.45. The third-order valence-electron chi connectivity index (χ3n) is 12.9. The Kier molecular flexibility index (Phi) is 10.7. The Balaban J connectivity index is 1.25. The molecular weight excluding hydrogens is 817 g/mol. The van der Waals surface area contributed by atoms with Crippen LogP contribution in [-0.4, -0.2) is 36.6 Å². The fourth-order valence-electron chi connectivity index (χ4n) is 9.45. The number of hydrogen-bond donors (Lipinski definition) is 2. The lowest BCUT2D eigenvalue weighted by Gasteiger charge is -2.34. The van der Waals surface area contributed by atoms with Crippen LogP contribution in [0.1, 0.15) is 23.6 Å². The van der Waals surface area contributed by atoms with Gasteiger partial charge in [0.2, 0.25) is 0 Å². The van der Waals surface area contributed by atoms with Gasteiger partial charge in [0.05, 0.1) is 24.3 Å². The van der Waals surface area contributed by atoms with Crippen LogP contribution >= 0.6 is 0 Å². The number of fused-ring (bicyclic) bond motifs is 4. The second kappa shape index (κ2) is 17.2. The van der Waals surface area contributed by atoms with Crippen molar-refractivity contribution in [1.82, 2.24) is 0 Å². The van der Waals surface area contributed by atoms with Crippen LogP contribution in [-0.2, 0) is 5.41 Å². The van der Waals surface area contributed by atoms with Gasteiger partial charge in [-0.15, -0.1) is 0 Å². The molecule has 66 heavy (non-hydrogen) atoms. The molecule has 6 nitrogen and oxygen atoms in total. The van der Waals surface area contributed by atoms with Gasteiger partial charge in [-0.25, -0.2) is 0 Å². The van der Waals surface area contributed by atoms with Crippen molar-refractivity contribution in [2.45, 2.75) is 12.3 Å². The van der Waals surface area contributed by atoms with Gasteiger partial charge in [0.25, 0.3) is 0 Å². The normalized spacial score (nSPS) is 11.8. The van der Waals surface area contributed by atoms with E-state index in [2.05, 4.69) is 153 Å². The Labute approximate surface area is 382 Å². The van der Waals surface area contributed by atoms with Crippen molar-refractivity contribution in [1.29, 1.82) is 0 Å². The number of ether oxygens (including phenoxy) is 2. The molecule has 0 aliphatic carbocycles. The van der Waals surface area contributed by atoms with Gasteiger partial charge in [0.15, 0.2) is 0 Å². The van der Waals surface area contributed by atoms with E-state index in [1.807, 2.05) is 54.6 Å². The topological polar surface area (TPSA) is 85.2 Å². The van der Waals surface area contributed by atoms with E-state index >= 15 is 0 Å². The molecule has 0 radical (unpaired) electrons. The lowest BCUT2D eigenvalue weighted by Crippen LogP contribution is -2.26. The van der Waals surface area contributed by atoms with Crippen LogP contribution in [0.5, 0.6) is 11.5 Å². The van der Waals surface area contributed by atoms with E-state index in [0.29, 0.717) is 23.0 Å². The van der Waals surface area contributed by atoms with Gasteiger partial charge in [-0.2, -0.15) is 0 Å².